The van der Waals surface area contributed by atoms with Gasteiger partial charge in [-0.05, 0) is 59.7 Å². The SMILES string of the molecule is O=C(N/N=C/c1cc(Br)cc(Br)c1[O-])c1ccccc1.O=C(N/N=C\c1cc(Br)cc(Br)c1[O-])c1ccccc1.[Cu+2]. The fraction of sp³-hybridized carbons (Fsp3) is 0. The summed E-state index contributed by atoms with van der Waals surface area (Å²) in [5, 5.41) is 31.2. The van der Waals surface area contributed by atoms with Crippen molar-refractivity contribution in [3.8, 4) is 11.5 Å². The number of nitrogens with zero attached hydrogens (tertiary/aromatic N) is 2. The van der Waals surface area contributed by atoms with Crippen LogP contribution in [0.5, 0.6) is 11.5 Å². The van der Waals surface area contributed by atoms with Gasteiger partial charge in [-0.25, -0.2) is 10.9 Å². The van der Waals surface area contributed by atoms with Crippen LogP contribution in [0.1, 0.15) is 31.8 Å². The summed E-state index contributed by atoms with van der Waals surface area (Å²) in [4.78, 5) is 23.5. The molecule has 0 saturated carbocycles. The zero-order valence-electron chi connectivity index (χ0n) is 20.6. The van der Waals surface area contributed by atoms with Crippen molar-refractivity contribution in [2.45, 2.75) is 0 Å². The Bertz CT molecular complexity index is 1440. The molecule has 213 valence electrons. The van der Waals surface area contributed by atoms with Crippen LogP contribution in [-0.4, -0.2) is 24.2 Å². The van der Waals surface area contributed by atoms with Gasteiger partial charge >= 0.3 is 17.1 Å². The third-order valence-electron chi connectivity index (χ3n) is 4.89. The minimum atomic E-state index is -0.330. The first-order valence-electron chi connectivity index (χ1n) is 11.2. The van der Waals surface area contributed by atoms with E-state index in [0.717, 1.165) is 8.95 Å². The van der Waals surface area contributed by atoms with Gasteiger partial charge in [-0.3, -0.25) is 9.59 Å². The molecular weight excluding hydrogens is 839 g/mol. The molecule has 41 heavy (non-hydrogen) atoms. The van der Waals surface area contributed by atoms with Gasteiger partial charge in [0.15, 0.2) is 0 Å². The number of hydrogen-bond donors (Lipinski definition) is 2. The Morgan fingerprint density at radius 2 is 0.951 bits per heavy atom. The molecule has 2 amide bonds. The van der Waals surface area contributed by atoms with Crippen molar-refractivity contribution in [3.63, 3.8) is 0 Å². The van der Waals surface area contributed by atoms with Crippen molar-refractivity contribution < 1.29 is 36.9 Å². The molecule has 0 aliphatic rings. The predicted molar refractivity (Wildman–Crippen MR) is 166 cm³/mol. The fourth-order valence-corrected chi connectivity index (χ4v) is 5.50. The Hall–Kier alpha value is -2.80. The minimum absolute atomic E-state index is 0. The van der Waals surface area contributed by atoms with Gasteiger partial charge in [0.1, 0.15) is 0 Å². The van der Waals surface area contributed by atoms with E-state index in [9.17, 15) is 19.8 Å². The number of halogens is 4. The van der Waals surface area contributed by atoms with Gasteiger partial charge in [0.05, 0.1) is 12.4 Å². The van der Waals surface area contributed by atoms with Crippen molar-refractivity contribution >= 4 is 88.0 Å². The van der Waals surface area contributed by atoms with E-state index in [4.69, 9.17) is 0 Å². The van der Waals surface area contributed by atoms with Gasteiger partial charge in [0.2, 0.25) is 0 Å². The van der Waals surface area contributed by atoms with Crippen molar-refractivity contribution in [1.29, 1.82) is 0 Å². The second kappa shape index (κ2) is 17.2. The summed E-state index contributed by atoms with van der Waals surface area (Å²) in [5.41, 5.74) is 6.50. The zero-order chi connectivity index (χ0) is 29.1. The Balaban J connectivity index is 0.000000280. The molecule has 4 aromatic rings. The summed E-state index contributed by atoms with van der Waals surface area (Å²) in [6.07, 6.45) is 2.64. The molecule has 0 aliphatic carbocycles. The van der Waals surface area contributed by atoms with Gasteiger partial charge in [-0.2, -0.15) is 10.2 Å². The number of rotatable bonds is 6. The Kier molecular flexibility index (Phi) is 14.5. The van der Waals surface area contributed by atoms with Crippen LogP contribution in [0.25, 0.3) is 0 Å². The monoisotopic (exact) mass is 853 g/mol. The van der Waals surface area contributed by atoms with Crippen LogP contribution in [0.2, 0.25) is 0 Å². The first-order valence-corrected chi connectivity index (χ1v) is 14.4. The summed E-state index contributed by atoms with van der Waals surface area (Å²) in [7, 11) is 0. The van der Waals surface area contributed by atoms with E-state index in [1.807, 2.05) is 12.1 Å². The van der Waals surface area contributed by atoms with Crippen LogP contribution in [-0.2, 0) is 17.1 Å². The molecule has 1 radical (unpaired) electrons. The quantitative estimate of drug-likeness (QED) is 0.138. The van der Waals surface area contributed by atoms with E-state index in [2.05, 4.69) is 84.8 Å². The molecule has 0 saturated heterocycles. The van der Waals surface area contributed by atoms with Crippen LogP contribution >= 0.6 is 63.7 Å². The first kappa shape index (κ1) is 34.4. The second-order valence-electron chi connectivity index (χ2n) is 7.74. The van der Waals surface area contributed by atoms with Crippen LogP contribution in [0.3, 0.4) is 0 Å². The number of carbonyl (C=O) groups excluding carboxylic acids is 2. The molecule has 8 nitrogen and oxygen atoms in total. The van der Waals surface area contributed by atoms with E-state index in [1.54, 1.807) is 72.8 Å². The topological polar surface area (TPSA) is 129 Å². The smallest absolute Gasteiger partial charge is 0.871 e. The standard InChI is InChI=1S/2C14H10Br2N2O2.Cu/c2*15-11-6-10(13(19)12(16)7-11)8-17-18-14(20)9-4-2-1-3-5-9;/h2*1-8,19H,(H,18,20);/q;;+2/p-2/b17-8+;17-8-;. The summed E-state index contributed by atoms with van der Waals surface area (Å²) < 4.78 is 2.37. The molecule has 0 spiro atoms. The van der Waals surface area contributed by atoms with E-state index in [-0.39, 0.29) is 40.4 Å². The van der Waals surface area contributed by atoms with Crippen molar-refractivity contribution in [2.24, 2.45) is 10.2 Å². The largest absolute Gasteiger partial charge is 2.00 e. The summed E-state index contributed by atoms with van der Waals surface area (Å²) >= 11 is 12.9. The molecule has 0 aromatic heterocycles. The summed E-state index contributed by atoms with van der Waals surface area (Å²) in [6, 6.07) is 24.0. The number of hydrogen-bond acceptors (Lipinski definition) is 6. The molecule has 0 aliphatic heterocycles. The zero-order valence-corrected chi connectivity index (χ0v) is 27.9. The number of hydrazone groups is 2. The van der Waals surface area contributed by atoms with Gasteiger partial charge in [-0.15, -0.1) is 0 Å². The second-order valence-corrected chi connectivity index (χ2v) is 11.3. The molecule has 13 heteroatoms. The average molecular weight is 858 g/mol. The van der Waals surface area contributed by atoms with E-state index < -0.39 is 0 Å². The Morgan fingerprint density at radius 1 is 0.610 bits per heavy atom. The molecular formula is C28H18Br4CuN4O4. The number of nitrogens with one attached hydrogen (secondary N) is 2. The van der Waals surface area contributed by atoms with E-state index in [1.165, 1.54) is 12.4 Å². The Morgan fingerprint density at radius 3 is 1.29 bits per heavy atom. The molecule has 2 N–H and O–H groups in total. The average Bonchev–Trinajstić information content (AvgIpc) is 2.95. The number of benzene rings is 4. The molecule has 0 atom stereocenters. The van der Waals surface area contributed by atoms with E-state index >= 15 is 0 Å². The fourth-order valence-electron chi connectivity index (χ4n) is 2.98. The Labute approximate surface area is 280 Å². The maximum Gasteiger partial charge on any atom is 2.00 e. The minimum Gasteiger partial charge on any atom is -0.871 e. The van der Waals surface area contributed by atoms with Crippen LogP contribution in [0, 0.1) is 0 Å². The first-order chi connectivity index (χ1) is 19.2. The van der Waals surface area contributed by atoms with Crippen LogP contribution in [0.15, 0.2) is 113 Å². The van der Waals surface area contributed by atoms with Gasteiger partial charge in [0, 0.05) is 29.0 Å². The molecule has 0 bridgehead atoms. The summed E-state index contributed by atoms with van der Waals surface area (Å²) in [5.74, 6) is -1.04. The predicted octanol–water partition coefficient (Wildman–Crippen LogP) is 6.10. The third kappa shape index (κ3) is 10.8. The molecule has 4 aromatic carbocycles. The maximum atomic E-state index is 11.8. The third-order valence-corrected chi connectivity index (χ3v) is 6.98. The van der Waals surface area contributed by atoms with Gasteiger partial charge in [0.25, 0.3) is 11.8 Å². The van der Waals surface area contributed by atoms with Gasteiger partial charge < -0.3 is 10.2 Å². The van der Waals surface area contributed by atoms with Crippen LogP contribution in [0.4, 0.5) is 0 Å². The van der Waals surface area contributed by atoms with Crippen LogP contribution < -0.4 is 21.1 Å². The summed E-state index contributed by atoms with van der Waals surface area (Å²) in [6.45, 7) is 0. The van der Waals surface area contributed by atoms with Crippen molar-refractivity contribution in [2.75, 3.05) is 0 Å². The number of amides is 2. The normalized spacial score (nSPS) is 10.4. The van der Waals surface area contributed by atoms with Crippen molar-refractivity contribution in [3.05, 3.63) is 125 Å². The molecule has 0 unspecified atom stereocenters. The molecule has 0 heterocycles. The van der Waals surface area contributed by atoms with Crippen molar-refractivity contribution in [1.82, 2.24) is 10.9 Å². The molecule has 4 rings (SSSR count). The maximum absolute atomic E-state index is 11.8. The molecule has 0 fully saturated rings. The number of carbonyl (C=O) groups is 2. The van der Waals surface area contributed by atoms with Gasteiger partial charge in [-0.1, -0.05) is 112 Å². The van der Waals surface area contributed by atoms with E-state index in [0.29, 0.717) is 31.2 Å².